The number of rotatable bonds is 9. The van der Waals surface area contributed by atoms with E-state index in [0.717, 1.165) is 34.9 Å². The molecule has 0 atom stereocenters. The fraction of sp³-hybridized carbons (Fsp3) is 0. The molecule has 0 unspecified atom stereocenters. The zero-order chi connectivity index (χ0) is 28.6. The average molecular weight is 551 g/mol. The van der Waals surface area contributed by atoms with Gasteiger partial charge in [-0.1, -0.05) is 146 Å². The Morgan fingerprint density at radius 3 is 0.825 bits per heavy atom. The van der Waals surface area contributed by atoms with Crippen molar-refractivity contribution in [2.75, 3.05) is 0 Å². The van der Waals surface area contributed by atoms with Crippen molar-refractivity contribution < 1.29 is 29.7 Å². The number of carbonyl (C=O) groups is 3. The van der Waals surface area contributed by atoms with Crippen molar-refractivity contribution in [2.24, 2.45) is 0 Å². The van der Waals surface area contributed by atoms with Gasteiger partial charge in [-0.15, -0.1) is 0 Å². The molecular weight excluding hydrogens is 523 g/mol. The molecule has 0 heterocycles. The van der Waals surface area contributed by atoms with Crippen LogP contribution in [0.5, 0.6) is 0 Å². The number of allylic oxidation sites excluding steroid dienone is 6. The molecule has 3 aromatic carbocycles. The molecule has 0 spiro atoms. The topological polar surface area (TPSA) is 120 Å². The normalized spacial score (nSPS) is 10.8. The van der Waals surface area contributed by atoms with Crippen molar-refractivity contribution in [1.82, 2.24) is 0 Å². The molecule has 0 saturated heterocycles. The van der Waals surface area contributed by atoms with E-state index in [9.17, 15) is 29.7 Å². The molecule has 0 N–H and O–H groups in total. The predicted molar refractivity (Wildman–Crippen MR) is 156 cm³/mol. The Kier molecular flexibility index (Phi) is 20.2. The number of hydrogen-bond donors (Lipinski definition) is 0. The third-order valence-electron chi connectivity index (χ3n) is 4.29. The Labute approximate surface area is 238 Å². The summed E-state index contributed by atoms with van der Waals surface area (Å²) in [5.41, 5.74) is 3.10. The molecule has 0 aliphatic rings. The van der Waals surface area contributed by atoms with E-state index in [2.05, 4.69) is 0 Å². The third kappa shape index (κ3) is 21.1. The first-order chi connectivity index (χ1) is 18.9. The van der Waals surface area contributed by atoms with Crippen molar-refractivity contribution in [1.29, 1.82) is 0 Å². The Morgan fingerprint density at radius 1 is 0.400 bits per heavy atom. The van der Waals surface area contributed by atoms with Crippen LogP contribution >= 0.6 is 9.90 Å². The molecule has 0 aliphatic carbocycles. The molecule has 6 nitrogen and oxygen atoms in total. The number of carbonyl (C=O) groups excluding carboxylic acids is 3. The molecule has 2 radical (unpaired) electrons. The van der Waals surface area contributed by atoms with Crippen LogP contribution in [0.3, 0.4) is 0 Å². The first-order valence-electron chi connectivity index (χ1n) is 11.7. The van der Waals surface area contributed by atoms with Crippen LogP contribution in [-0.4, -0.2) is 17.9 Å². The van der Waals surface area contributed by atoms with Gasteiger partial charge in [0.25, 0.3) is 0 Å². The second-order valence-corrected chi connectivity index (χ2v) is 7.34. The van der Waals surface area contributed by atoms with Crippen LogP contribution in [0.1, 0.15) is 16.7 Å². The molecule has 7 heteroatoms. The Balaban J connectivity index is 0.000000563. The number of aliphatic carboxylic acids is 3. The van der Waals surface area contributed by atoms with Crippen LogP contribution in [0.15, 0.2) is 146 Å². The van der Waals surface area contributed by atoms with Crippen LogP contribution in [-0.2, 0) is 14.4 Å². The standard InChI is InChI=1S/3C11H10O2.P/c3*12-11(13)9-5-4-8-10-6-2-1-3-7-10;/h3*1-9H,(H,12,13);/q;;;+3/p-3. The van der Waals surface area contributed by atoms with Crippen LogP contribution in [0.2, 0.25) is 0 Å². The maximum atomic E-state index is 9.98. The minimum Gasteiger partial charge on any atom is -0.545 e. The van der Waals surface area contributed by atoms with E-state index in [1.54, 1.807) is 18.2 Å². The van der Waals surface area contributed by atoms with Gasteiger partial charge in [0.05, 0.1) is 17.9 Å². The summed E-state index contributed by atoms with van der Waals surface area (Å²) in [6.45, 7) is 0. The summed E-state index contributed by atoms with van der Waals surface area (Å²) in [6.07, 6.45) is 17.7. The summed E-state index contributed by atoms with van der Waals surface area (Å²) in [4.78, 5) is 29.9. The summed E-state index contributed by atoms with van der Waals surface area (Å²) >= 11 is 0. The zero-order valence-electron chi connectivity index (χ0n) is 21.5. The zero-order valence-corrected chi connectivity index (χ0v) is 22.4. The van der Waals surface area contributed by atoms with Gasteiger partial charge in [-0.2, -0.15) is 0 Å². The van der Waals surface area contributed by atoms with Crippen LogP contribution in [0, 0.1) is 0 Å². The fourth-order valence-electron chi connectivity index (χ4n) is 2.59. The quantitative estimate of drug-likeness (QED) is 0.227. The summed E-state index contributed by atoms with van der Waals surface area (Å²) in [7, 11) is 0. The molecule has 40 heavy (non-hydrogen) atoms. The second kappa shape index (κ2) is 23.1. The van der Waals surface area contributed by atoms with E-state index < -0.39 is 17.9 Å². The van der Waals surface area contributed by atoms with Crippen molar-refractivity contribution in [3.05, 3.63) is 162 Å². The van der Waals surface area contributed by atoms with E-state index in [4.69, 9.17) is 0 Å². The second-order valence-electron chi connectivity index (χ2n) is 7.34. The van der Waals surface area contributed by atoms with Crippen molar-refractivity contribution in [3.8, 4) is 0 Å². The summed E-state index contributed by atoms with van der Waals surface area (Å²) in [5.74, 6) is -3.55. The number of carboxylic acids is 3. The van der Waals surface area contributed by atoms with Crippen molar-refractivity contribution in [2.45, 2.75) is 0 Å². The molecule has 0 aromatic heterocycles. The molecule has 200 valence electrons. The smallest absolute Gasteiger partial charge is 0.545 e. The van der Waals surface area contributed by atoms with Crippen molar-refractivity contribution in [3.63, 3.8) is 0 Å². The van der Waals surface area contributed by atoms with E-state index in [1.165, 1.54) is 18.2 Å². The van der Waals surface area contributed by atoms with Crippen LogP contribution in [0.4, 0.5) is 0 Å². The predicted octanol–water partition coefficient (Wildman–Crippen LogP) is 3.88. The van der Waals surface area contributed by atoms with Gasteiger partial charge in [-0.25, -0.2) is 0 Å². The van der Waals surface area contributed by atoms with E-state index in [0.29, 0.717) is 0 Å². The monoisotopic (exact) mass is 550 g/mol. The van der Waals surface area contributed by atoms with E-state index in [-0.39, 0.29) is 9.90 Å². The fourth-order valence-corrected chi connectivity index (χ4v) is 2.59. The molecule has 0 amide bonds. The summed E-state index contributed by atoms with van der Waals surface area (Å²) in [6, 6.07) is 28.9. The first-order valence-corrected chi connectivity index (χ1v) is 11.7. The Hall–Kier alpha value is -5.06. The minimum absolute atomic E-state index is 0. The average Bonchev–Trinajstić information content (AvgIpc) is 2.94. The SMILES string of the molecule is O=C([O-])C=CC=Cc1ccccc1.O=C([O-])C=CC=Cc1ccccc1.O=C([O-])C=CC=Cc1ccccc1.[P+3]. The van der Waals surface area contributed by atoms with Gasteiger partial charge in [0, 0.05) is 0 Å². The van der Waals surface area contributed by atoms with E-state index >= 15 is 0 Å². The van der Waals surface area contributed by atoms with Gasteiger partial charge in [0.1, 0.15) is 0 Å². The van der Waals surface area contributed by atoms with Gasteiger partial charge in [-0.3, -0.25) is 0 Å². The number of hydrogen-bond acceptors (Lipinski definition) is 6. The first kappa shape index (κ1) is 34.9. The number of carboxylic acid groups (broad SMARTS) is 3. The van der Waals surface area contributed by atoms with Crippen LogP contribution in [0.25, 0.3) is 18.2 Å². The van der Waals surface area contributed by atoms with Gasteiger partial charge in [-0.05, 0) is 34.9 Å². The van der Waals surface area contributed by atoms with Crippen LogP contribution < -0.4 is 15.3 Å². The molecule has 0 aliphatic heterocycles. The van der Waals surface area contributed by atoms with Gasteiger partial charge in [0.15, 0.2) is 0 Å². The Bertz CT molecular complexity index is 1140. The molecule has 0 bridgehead atoms. The van der Waals surface area contributed by atoms with Crippen molar-refractivity contribution >= 4 is 46.0 Å². The molecule has 0 fully saturated rings. The molecular formula is C33H27O6P. The largest absolute Gasteiger partial charge is 3.00 e. The molecule has 3 rings (SSSR count). The molecule has 0 saturated carbocycles. The third-order valence-corrected chi connectivity index (χ3v) is 4.29. The maximum Gasteiger partial charge on any atom is 3.00 e. The molecule has 3 aromatic rings. The maximum absolute atomic E-state index is 9.98. The number of benzene rings is 3. The van der Waals surface area contributed by atoms with Gasteiger partial charge < -0.3 is 29.7 Å². The van der Waals surface area contributed by atoms with E-state index in [1.807, 2.05) is 109 Å². The van der Waals surface area contributed by atoms with Gasteiger partial charge >= 0.3 is 9.90 Å². The summed E-state index contributed by atoms with van der Waals surface area (Å²) < 4.78 is 0. The Morgan fingerprint density at radius 2 is 0.625 bits per heavy atom. The minimum atomic E-state index is -1.18. The summed E-state index contributed by atoms with van der Waals surface area (Å²) in [5, 5.41) is 29.9. The van der Waals surface area contributed by atoms with Gasteiger partial charge in [0.2, 0.25) is 0 Å².